The van der Waals surface area contributed by atoms with E-state index in [1.165, 1.54) is 0 Å². The molecule has 2 aliphatic heterocycles. The first-order valence-electron chi connectivity index (χ1n) is 8.82. The summed E-state index contributed by atoms with van der Waals surface area (Å²) in [5, 5.41) is 11.5. The molecule has 0 unspecified atom stereocenters. The average Bonchev–Trinajstić information content (AvgIpc) is 2.53. The molecule has 9 nitrogen and oxygen atoms in total. The highest BCUT2D eigenvalue weighted by molar-refractivity contribution is 5.71. The molecule has 0 radical (unpaired) electrons. The Labute approximate surface area is 147 Å². The number of nitrogen functional groups attached to an aromatic ring is 1. The molecule has 9 heteroatoms. The normalized spacial score (nSPS) is 25.2. The van der Waals surface area contributed by atoms with Crippen LogP contribution in [0.25, 0.3) is 0 Å². The maximum Gasteiger partial charge on any atom is 0.353 e. The molecular formula is C16H26N6O3. The fourth-order valence-electron chi connectivity index (χ4n) is 3.55. The monoisotopic (exact) mass is 350 g/mol. The van der Waals surface area contributed by atoms with E-state index in [0.717, 1.165) is 25.9 Å². The molecule has 3 heterocycles. The van der Waals surface area contributed by atoms with Crippen LogP contribution in [0.3, 0.4) is 0 Å². The molecule has 2 N–H and O–H groups in total. The second kappa shape index (κ2) is 6.99. The number of nitrogens with zero attached hydrogens (tertiary/aromatic N) is 5. The second-order valence-electron chi connectivity index (χ2n) is 7.17. The Kier molecular flexibility index (Phi) is 4.94. The molecule has 0 aromatic carbocycles. The first-order valence-corrected chi connectivity index (χ1v) is 8.82. The lowest BCUT2D eigenvalue weighted by Gasteiger charge is -2.36. The van der Waals surface area contributed by atoms with E-state index in [9.17, 15) is 10.1 Å². The molecule has 2 atom stereocenters. The van der Waals surface area contributed by atoms with E-state index in [0.29, 0.717) is 30.8 Å². The molecule has 2 aliphatic rings. The Morgan fingerprint density at radius 3 is 2.28 bits per heavy atom. The number of nitrogens with two attached hydrogens (primary N) is 1. The van der Waals surface area contributed by atoms with Crippen molar-refractivity contribution in [2.45, 2.75) is 45.8 Å². The van der Waals surface area contributed by atoms with Crippen LogP contribution in [0.4, 0.5) is 23.3 Å². The summed E-state index contributed by atoms with van der Waals surface area (Å²) in [4.78, 5) is 23.8. The minimum atomic E-state index is -0.475. The lowest BCUT2D eigenvalue weighted by molar-refractivity contribution is -0.383. The van der Waals surface area contributed by atoms with E-state index in [-0.39, 0.29) is 23.7 Å². The summed E-state index contributed by atoms with van der Waals surface area (Å²) in [6.07, 6.45) is 2.07. The van der Waals surface area contributed by atoms with Crippen LogP contribution in [-0.4, -0.2) is 53.3 Å². The number of anilines is 3. The van der Waals surface area contributed by atoms with Gasteiger partial charge in [-0.25, -0.2) is 0 Å². The van der Waals surface area contributed by atoms with Crippen LogP contribution in [0.5, 0.6) is 0 Å². The molecule has 3 rings (SSSR count). The summed E-state index contributed by atoms with van der Waals surface area (Å²) >= 11 is 0. The summed E-state index contributed by atoms with van der Waals surface area (Å²) in [5.41, 5.74) is 5.77. The zero-order chi connectivity index (χ0) is 18.1. The van der Waals surface area contributed by atoms with Gasteiger partial charge < -0.3 is 20.3 Å². The summed E-state index contributed by atoms with van der Waals surface area (Å²) in [6.45, 7) is 8.94. The standard InChI is InChI=1S/C16H26N6O3/c1-10-4-6-20(7-5-10)15-13(22(23)24)14(17)18-16(19-15)21-8-11(2)25-12(3)9-21/h10-12H,4-9H2,1-3H3,(H2,17,18,19)/t11-,12-/m1/s1. The van der Waals surface area contributed by atoms with E-state index in [1.54, 1.807) is 0 Å². The maximum absolute atomic E-state index is 11.5. The molecule has 0 bridgehead atoms. The molecule has 138 valence electrons. The molecule has 2 fully saturated rings. The smallest absolute Gasteiger partial charge is 0.353 e. The minimum absolute atomic E-state index is 0.0445. The van der Waals surface area contributed by atoms with Crippen LogP contribution in [0, 0.1) is 16.0 Å². The fraction of sp³-hybridized carbons (Fsp3) is 0.750. The molecule has 25 heavy (non-hydrogen) atoms. The summed E-state index contributed by atoms with van der Waals surface area (Å²) in [5.74, 6) is 1.33. The number of piperidine rings is 1. The molecule has 0 saturated carbocycles. The lowest BCUT2D eigenvalue weighted by Crippen LogP contribution is -2.46. The SMILES string of the molecule is CC1CCN(c2nc(N3C[C@@H](C)O[C@H](C)C3)nc(N)c2[N+](=O)[O-])CC1. The first-order chi connectivity index (χ1) is 11.8. The van der Waals surface area contributed by atoms with Crippen molar-refractivity contribution >= 4 is 23.3 Å². The Morgan fingerprint density at radius 2 is 1.72 bits per heavy atom. The number of rotatable bonds is 3. The van der Waals surface area contributed by atoms with Gasteiger partial charge in [-0.2, -0.15) is 9.97 Å². The van der Waals surface area contributed by atoms with Crippen LogP contribution in [-0.2, 0) is 4.74 Å². The highest BCUT2D eigenvalue weighted by Gasteiger charge is 2.32. The molecular weight excluding hydrogens is 324 g/mol. The number of hydrogen-bond donors (Lipinski definition) is 1. The Hall–Kier alpha value is -2.16. The number of hydrogen-bond acceptors (Lipinski definition) is 8. The average molecular weight is 350 g/mol. The number of morpholine rings is 1. The van der Waals surface area contributed by atoms with Gasteiger partial charge in [-0.15, -0.1) is 0 Å². The van der Waals surface area contributed by atoms with Crippen molar-refractivity contribution in [1.82, 2.24) is 9.97 Å². The zero-order valence-electron chi connectivity index (χ0n) is 15.0. The number of ether oxygens (including phenoxy) is 1. The highest BCUT2D eigenvalue weighted by Crippen LogP contribution is 2.35. The molecule has 1 aromatic rings. The van der Waals surface area contributed by atoms with Gasteiger partial charge in [-0.05, 0) is 32.6 Å². The number of aromatic nitrogens is 2. The summed E-state index contributed by atoms with van der Waals surface area (Å²) in [7, 11) is 0. The van der Waals surface area contributed by atoms with Gasteiger partial charge in [0.2, 0.25) is 17.6 Å². The van der Waals surface area contributed by atoms with E-state index in [2.05, 4.69) is 16.9 Å². The third-order valence-corrected chi connectivity index (χ3v) is 4.85. The van der Waals surface area contributed by atoms with Crippen LogP contribution >= 0.6 is 0 Å². The topological polar surface area (TPSA) is 111 Å². The van der Waals surface area contributed by atoms with Crippen molar-refractivity contribution in [3.8, 4) is 0 Å². The molecule has 2 saturated heterocycles. The molecule has 1 aromatic heterocycles. The minimum Gasteiger partial charge on any atom is -0.378 e. The Bertz CT molecular complexity index is 637. The van der Waals surface area contributed by atoms with Gasteiger partial charge in [0.1, 0.15) is 0 Å². The zero-order valence-corrected chi connectivity index (χ0v) is 15.0. The van der Waals surface area contributed by atoms with Gasteiger partial charge in [0.05, 0.1) is 17.1 Å². The van der Waals surface area contributed by atoms with Crippen LogP contribution in [0.15, 0.2) is 0 Å². The van der Waals surface area contributed by atoms with Crippen molar-refractivity contribution < 1.29 is 9.66 Å². The van der Waals surface area contributed by atoms with Gasteiger partial charge >= 0.3 is 5.69 Å². The van der Waals surface area contributed by atoms with Crippen molar-refractivity contribution in [2.24, 2.45) is 5.92 Å². The molecule has 0 aliphatic carbocycles. The maximum atomic E-state index is 11.5. The predicted octanol–water partition coefficient (Wildman–Crippen LogP) is 1.82. The number of nitro groups is 1. The van der Waals surface area contributed by atoms with E-state index >= 15 is 0 Å². The lowest BCUT2D eigenvalue weighted by atomic mass is 9.99. The molecule has 0 spiro atoms. The van der Waals surface area contributed by atoms with Gasteiger partial charge in [0.15, 0.2) is 0 Å². The largest absolute Gasteiger partial charge is 0.378 e. The van der Waals surface area contributed by atoms with Crippen LogP contribution in [0.1, 0.15) is 33.6 Å². The van der Waals surface area contributed by atoms with Crippen molar-refractivity contribution in [3.63, 3.8) is 0 Å². The third-order valence-electron chi connectivity index (χ3n) is 4.85. The summed E-state index contributed by atoms with van der Waals surface area (Å²) in [6, 6.07) is 0. The van der Waals surface area contributed by atoms with Crippen molar-refractivity contribution in [1.29, 1.82) is 0 Å². The van der Waals surface area contributed by atoms with Crippen molar-refractivity contribution in [2.75, 3.05) is 41.7 Å². The third kappa shape index (κ3) is 3.76. The summed E-state index contributed by atoms with van der Waals surface area (Å²) < 4.78 is 5.74. The van der Waals surface area contributed by atoms with Crippen LogP contribution in [0.2, 0.25) is 0 Å². The van der Waals surface area contributed by atoms with Gasteiger partial charge in [0.25, 0.3) is 0 Å². The van der Waals surface area contributed by atoms with Crippen LogP contribution < -0.4 is 15.5 Å². The van der Waals surface area contributed by atoms with Crippen molar-refractivity contribution in [3.05, 3.63) is 10.1 Å². The van der Waals surface area contributed by atoms with E-state index in [1.807, 2.05) is 23.6 Å². The predicted molar refractivity (Wildman–Crippen MR) is 95.9 cm³/mol. The second-order valence-corrected chi connectivity index (χ2v) is 7.17. The quantitative estimate of drug-likeness (QED) is 0.649. The van der Waals surface area contributed by atoms with E-state index < -0.39 is 4.92 Å². The Morgan fingerprint density at radius 1 is 1.12 bits per heavy atom. The van der Waals surface area contributed by atoms with E-state index in [4.69, 9.17) is 10.5 Å². The van der Waals surface area contributed by atoms with Gasteiger partial charge in [-0.1, -0.05) is 6.92 Å². The highest BCUT2D eigenvalue weighted by atomic mass is 16.6. The Balaban J connectivity index is 1.97. The fourth-order valence-corrected chi connectivity index (χ4v) is 3.55. The first kappa shape index (κ1) is 17.7. The van der Waals surface area contributed by atoms with Gasteiger partial charge in [-0.3, -0.25) is 10.1 Å². The van der Waals surface area contributed by atoms with Gasteiger partial charge in [0, 0.05) is 26.2 Å². The molecule has 0 amide bonds.